The quantitative estimate of drug-likeness (QED) is 0.765. The zero-order valence-corrected chi connectivity index (χ0v) is 10.4. The summed E-state index contributed by atoms with van der Waals surface area (Å²) >= 11 is 0. The minimum atomic E-state index is -1.07. The van der Waals surface area contributed by atoms with Crippen molar-refractivity contribution in [3.05, 3.63) is 23.8 Å². The van der Waals surface area contributed by atoms with Crippen molar-refractivity contribution in [2.24, 2.45) is 0 Å². The van der Waals surface area contributed by atoms with Crippen LogP contribution in [-0.4, -0.2) is 31.2 Å². The van der Waals surface area contributed by atoms with Gasteiger partial charge in [0.15, 0.2) is 0 Å². The van der Waals surface area contributed by atoms with Gasteiger partial charge in [-0.15, -0.1) is 0 Å². The zero-order chi connectivity index (χ0) is 12.9. The molecule has 4 heteroatoms. The van der Waals surface area contributed by atoms with E-state index in [1.54, 1.807) is 39.3 Å². The molecule has 0 aliphatic heterocycles. The summed E-state index contributed by atoms with van der Waals surface area (Å²) in [5.41, 5.74) is -0.250. The number of hydrogen-bond donors (Lipinski definition) is 1. The molecule has 1 aromatic carbocycles. The lowest BCUT2D eigenvalue weighted by Gasteiger charge is -2.22. The molecule has 0 unspecified atom stereocenters. The first-order chi connectivity index (χ1) is 8.02. The van der Waals surface area contributed by atoms with Gasteiger partial charge in [0.2, 0.25) is 0 Å². The van der Waals surface area contributed by atoms with Crippen molar-refractivity contribution < 1.29 is 19.4 Å². The Kier molecular flexibility index (Phi) is 4.52. The predicted molar refractivity (Wildman–Crippen MR) is 64.6 cm³/mol. The van der Waals surface area contributed by atoms with Crippen molar-refractivity contribution in [3.8, 4) is 11.5 Å². The van der Waals surface area contributed by atoms with E-state index in [2.05, 4.69) is 0 Å². The van der Waals surface area contributed by atoms with Crippen molar-refractivity contribution in [2.75, 3.05) is 14.2 Å². The number of benzene rings is 1. The van der Waals surface area contributed by atoms with Crippen LogP contribution in [0.2, 0.25) is 0 Å². The van der Waals surface area contributed by atoms with E-state index in [4.69, 9.17) is 9.47 Å². The maximum Gasteiger partial charge on any atom is 0.122 e. The van der Waals surface area contributed by atoms with Crippen LogP contribution in [0.15, 0.2) is 18.2 Å². The van der Waals surface area contributed by atoms with E-state index in [1.807, 2.05) is 0 Å². The van der Waals surface area contributed by atoms with Crippen LogP contribution in [-0.2, 0) is 11.2 Å². The number of aldehydes is 1. The third-order valence-electron chi connectivity index (χ3n) is 2.58. The Morgan fingerprint density at radius 3 is 2.59 bits per heavy atom. The van der Waals surface area contributed by atoms with Crippen LogP contribution < -0.4 is 9.47 Å². The minimum absolute atomic E-state index is 0.0906. The van der Waals surface area contributed by atoms with Gasteiger partial charge in [0, 0.05) is 18.4 Å². The van der Waals surface area contributed by atoms with E-state index in [-0.39, 0.29) is 6.42 Å². The van der Waals surface area contributed by atoms with Crippen LogP contribution >= 0.6 is 0 Å². The van der Waals surface area contributed by atoms with Crippen molar-refractivity contribution in [2.45, 2.75) is 25.4 Å². The second-order valence-electron chi connectivity index (χ2n) is 4.22. The Morgan fingerprint density at radius 1 is 1.35 bits per heavy atom. The molecule has 0 aliphatic rings. The summed E-state index contributed by atoms with van der Waals surface area (Å²) in [6.45, 7) is 1.63. The molecule has 94 valence electrons. The van der Waals surface area contributed by atoms with Crippen molar-refractivity contribution >= 4 is 6.29 Å². The molecule has 17 heavy (non-hydrogen) atoms. The molecule has 0 amide bonds. The molecular formula is C13H18O4. The van der Waals surface area contributed by atoms with Gasteiger partial charge in [-0.25, -0.2) is 0 Å². The van der Waals surface area contributed by atoms with Gasteiger partial charge in [0.1, 0.15) is 17.8 Å². The molecule has 0 bridgehead atoms. The fourth-order valence-corrected chi connectivity index (χ4v) is 1.68. The molecule has 0 radical (unpaired) electrons. The van der Waals surface area contributed by atoms with Gasteiger partial charge < -0.3 is 19.4 Å². The average Bonchev–Trinajstić information content (AvgIpc) is 2.28. The van der Waals surface area contributed by atoms with E-state index in [1.165, 1.54) is 0 Å². The number of ether oxygens (including phenoxy) is 2. The molecule has 4 nitrogen and oxygen atoms in total. The van der Waals surface area contributed by atoms with Crippen molar-refractivity contribution in [3.63, 3.8) is 0 Å². The van der Waals surface area contributed by atoms with E-state index in [0.717, 1.165) is 5.56 Å². The van der Waals surface area contributed by atoms with Gasteiger partial charge in [-0.05, 0) is 25.1 Å². The number of carbonyl (C=O) groups excluding carboxylic acids is 1. The van der Waals surface area contributed by atoms with Crippen LogP contribution in [0.5, 0.6) is 11.5 Å². The highest BCUT2D eigenvalue weighted by Crippen LogP contribution is 2.28. The SMILES string of the molecule is COc1ccc(OC)c(C[C@](C)(O)CC=O)c1. The lowest BCUT2D eigenvalue weighted by Crippen LogP contribution is -2.27. The number of rotatable bonds is 6. The molecule has 1 aromatic rings. The van der Waals surface area contributed by atoms with Gasteiger partial charge in [-0.1, -0.05) is 0 Å². The monoisotopic (exact) mass is 238 g/mol. The highest BCUT2D eigenvalue weighted by atomic mass is 16.5. The largest absolute Gasteiger partial charge is 0.497 e. The molecule has 1 rings (SSSR count). The number of carbonyl (C=O) groups is 1. The standard InChI is InChI=1S/C13H18O4/c1-13(15,6-7-14)9-10-8-11(16-2)4-5-12(10)17-3/h4-5,7-8,15H,6,9H2,1-3H3/t13-/m1/s1. The van der Waals surface area contributed by atoms with Gasteiger partial charge in [0.25, 0.3) is 0 Å². The van der Waals surface area contributed by atoms with Gasteiger partial charge in [0.05, 0.1) is 19.8 Å². The topological polar surface area (TPSA) is 55.8 Å². The van der Waals surface area contributed by atoms with Crippen LogP contribution in [0.4, 0.5) is 0 Å². The first-order valence-electron chi connectivity index (χ1n) is 5.39. The highest BCUT2D eigenvalue weighted by molar-refractivity contribution is 5.52. The molecule has 0 saturated carbocycles. The molecule has 0 fully saturated rings. The van der Waals surface area contributed by atoms with Crippen LogP contribution in [0, 0.1) is 0 Å². The second kappa shape index (κ2) is 5.68. The molecule has 0 heterocycles. The normalized spacial score (nSPS) is 13.9. The van der Waals surface area contributed by atoms with E-state index in [0.29, 0.717) is 24.2 Å². The predicted octanol–water partition coefficient (Wildman–Crippen LogP) is 1.59. The fourth-order valence-electron chi connectivity index (χ4n) is 1.68. The van der Waals surface area contributed by atoms with E-state index < -0.39 is 5.60 Å². The Bertz CT molecular complexity index is 385. The van der Waals surface area contributed by atoms with Crippen LogP contribution in [0.3, 0.4) is 0 Å². The fraction of sp³-hybridized carbons (Fsp3) is 0.462. The average molecular weight is 238 g/mol. The number of methoxy groups -OCH3 is 2. The van der Waals surface area contributed by atoms with E-state index >= 15 is 0 Å². The van der Waals surface area contributed by atoms with E-state index in [9.17, 15) is 9.90 Å². The van der Waals surface area contributed by atoms with Gasteiger partial charge in [-0.3, -0.25) is 0 Å². The maximum absolute atomic E-state index is 10.5. The summed E-state index contributed by atoms with van der Waals surface area (Å²) in [5.74, 6) is 1.37. The Hall–Kier alpha value is -1.55. The molecule has 0 aliphatic carbocycles. The summed E-state index contributed by atoms with van der Waals surface area (Å²) in [7, 11) is 3.15. The molecule has 0 aromatic heterocycles. The lowest BCUT2D eigenvalue weighted by molar-refractivity contribution is -0.111. The molecule has 0 spiro atoms. The first-order valence-corrected chi connectivity index (χ1v) is 5.39. The third-order valence-corrected chi connectivity index (χ3v) is 2.58. The number of hydrogen-bond acceptors (Lipinski definition) is 4. The maximum atomic E-state index is 10.5. The lowest BCUT2D eigenvalue weighted by atomic mass is 9.93. The summed E-state index contributed by atoms with van der Waals surface area (Å²) in [5, 5.41) is 10.0. The van der Waals surface area contributed by atoms with Gasteiger partial charge >= 0.3 is 0 Å². The molecule has 1 N–H and O–H groups in total. The molecule has 0 saturated heterocycles. The Labute approximate surface area is 101 Å². The Balaban J connectivity index is 2.98. The van der Waals surface area contributed by atoms with Crippen LogP contribution in [0.1, 0.15) is 18.9 Å². The van der Waals surface area contributed by atoms with Crippen molar-refractivity contribution in [1.82, 2.24) is 0 Å². The number of aliphatic hydroxyl groups is 1. The van der Waals surface area contributed by atoms with Crippen LogP contribution in [0.25, 0.3) is 0 Å². The van der Waals surface area contributed by atoms with Gasteiger partial charge in [-0.2, -0.15) is 0 Å². The minimum Gasteiger partial charge on any atom is -0.497 e. The highest BCUT2D eigenvalue weighted by Gasteiger charge is 2.22. The molecule has 1 atom stereocenters. The zero-order valence-electron chi connectivity index (χ0n) is 10.4. The summed E-state index contributed by atoms with van der Waals surface area (Å²) in [6.07, 6.45) is 1.14. The Morgan fingerprint density at radius 2 is 2.06 bits per heavy atom. The second-order valence-corrected chi connectivity index (χ2v) is 4.22. The van der Waals surface area contributed by atoms with Crippen molar-refractivity contribution in [1.29, 1.82) is 0 Å². The smallest absolute Gasteiger partial charge is 0.122 e. The summed E-state index contributed by atoms with van der Waals surface area (Å²) < 4.78 is 10.3. The third kappa shape index (κ3) is 3.75. The molecular weight excluding hydrogens is 220 g/mol. The first kappa shape index (κ1) is 13.5. The summed E-state index contributed by atoms with van der Waals surface area (Å²) in [4.78, 5) is 10.5. The summed E-state index contributed by atoms with van der Waals surface area (Å²) in [6, 6.07) is 5.38.